The Morgan fingerprint density at radius 3 is 2.60 bits per heavy atom. The highest BCUT2D eigenvalue weighted by molar-refractivity contribution is 9.10. The molecule has 20 heavy (non-hydrogen) atoms. The lowest BCUT2D eigenvalue weighted by Gasteiger charge is -2.17. The highest BCUT2D eigenvalue weighted by atomic mass is 79.9. The Hall–Kier alpha value is -0.780. The van der Waals surface area contributed by atoms with Crippen LogP contribution in [-0.2, 0) is 5.41 Å². The van der Waals surface area contributed by atoms with Gasteiger partial charge in [0.05, 0.1) is 11.7 Å². The molecule has 0 saturated heterocycles. The van der Waals surface area contributed by atoms with Crippen LogP contribution in [0.5, 0.6) is 0 Å². The Morgan fingerprint density at radius 1 is 1.35 bits per heavy atom. The van der Waals surface area contributed by atoms with Gasteiger partial charge in [-0.25, -0.2) is 9.37 Å². The molecule has 0 aliphatic carbocycles. The fourth-order valence-electron chi connectivity index (χ4n) is 1.91. The molecule has 1 N–H and O–H groups in total. The van der Waals surface area contributed by atoms with Crippen molar-refractivity contribution in [2.45, 2.75) is 32.2 Å². The predicted molar refractivity (Wildman–Crippen MR) is 85.8 cm³/mol. The fraction of sp³-hybridized carbons (Fsp3) is 0.400. The summed E-state index contributed by atoms with van der Waals surface area (Å²) >= 11 is 4.95. The van der Waals surface area contributed by atoms with Gasteiger partial charge in [0.25, 0.3) is 0 Å². The normalized spacial score (nSPS) is 13.5. The molecule has 1 atom stereocenters. The van der Waals surface area contributed by atoms with Crippen molar-refractivity contribution in [3.8, 4) is 0 Å². The van der Waals surface area contributed by atoms with E-state index in [-0.39, 0.29) is 17.3 Å². The molecule has 0 bridgehead atoms. The molecule has 2 rings (SSSR count). The van der Waals surface area contributed by atoms with E-state index in [1.165, 1.54) is 6.07 Å². The highest BCUT2D eigenvalue weighted by Gasteiger charge is 2.23. The third-order valence-electron chi connectivity index (χ3n) is 3.10. The molecule has 1 aromatic carbocycles. The number of nitrogens with zero attached hydrogens (tertiary/aromatic N) is 1. The van der Waals surface area contributed by atoms with E-state index in [0.29, 0.717) is 5.56 Å². The van der Waals surface area contributed by atoms with Crippen LogP contribution in [0.25, 0.3) is 0 Å². The lowest BCUT2D eigenvalue weighted by Crippen LogP contribution is -2.20. The second-order valence-electron chi connectivity index (χ2n) is 5.71. The first kappa shape index (κ1) is 15.6. The third-order valence-corrected chi connectivity index (χ3v) is 4.50. The van der Waals surface area contributed by atoms with E-state index in [0.717, 1.165) is 15.2 Å². The topological polar surface area (TPSA) is 24.9 Å². The molecule has 2 aromatic rings. The number of hydrogen-bond acceptors (Lipinski definition) is 3. The van der Waals surface area contributed by atoms with Crippen molar-refractivity contribution in [2.75, 3.05) is 7.05 Å². The maximum atomic E-state index is 14.0. The minimum absolute atomic E-state index is 0.00283. The monoisotopic (exact) mass is 356 g/mol. The molecule has 0 radical (unpaired) electrons. The van der Waals surface area contributed by atoms with Gasteiger partial charge < -0.3 is 5.32 Å². The Labute approximate surface area is 131 Å². The minimum atomic E-state index is -0.228. The molecule has 108 valence electrons. The quantitative estimate of drug-likeness (QED) is 0.865. The van der Waals surface area contributed by atoms with Crippen molar-refractivity contribution in [2.24, 2.45) is 0 Å². The predicted octanol–water partition coefficient (Wildman–Crippen LogP) is 4.65. The number of benzene rings is 1. The summed E-state index contributed by atoms with van der Waals surface area (Å²) in [4.78, 5) is 4.67. The van der Waals surface area contributed by atoms with Crippen LogP contribution in [0.4, 0.5) is 4.39 Å². The van der Waals surface area contributed by atoms with E-state index in [1.54, 1.807) is 23.5 Å². The number of hydrogen-bond donors (Lipinski definition) is 1. The van der Waals surface area contributed by atoms with E-state index in [9.17, 15) is 4.39 Å². The Bertz CT molecular complexity index is 604. The molecule has 2 nitrogen and oxygen atoms in total. The summed E-state index contributed by atoms with van der Waals surface area (Å²) < 4.78 is 14.9. The average Bonchev–Trinajstić information content (AvgIpc) is 2.84. The maximum Gasteiger partial charge on any atom is 0.128 e. The molecule has 0 saturated carbocycles. The van der Waals surface area contributed by atoms with Crippen molar-refractivity contribution >= 4 is 27.3 Å². The van der Waals surface area contributed by atoms with Crippen LogP contribution in [0, 0.1) is 5.82 Å². The highest BCUT2D eigenvalue weighted by Crippen LogP contribution is 2.31. The number of rotatable bonds is 3. The van der Waals surface area contributed by atoms with Gasteiger partial charge in [-0.15, -0.1) is 11.3 Å². The van der Waals surface area contributed by atoms with Crippen molar-refractivity contribution in [1.29, 1.82) is 0 Å². The van der Waals surface area contributed by atoms with E-state index < -0.39 is 0 Å². The van der Waals surface area contributed by atoms with Gasteiger partial charge in [0.15, 0.2) is 0 Å². The molecular formula is C15H18BrFN2S. The van der Waals surface area contributed by atoms with Crippen LogP contribution in [0.3, 0.4) is 0 Å². The number of halogens is 2. The fourth-order valence-corrected chi connectivity index (χ4v) is 3.46. The van der Waals surface area contributed by atoms with Crippen molar-refractivity contribution in [3.63, 3.8) is 0 Å². The molecule has 1 unspecified atom stereocenters. The van der Waals surface area contributed by atoms with Crippen molar-refractivity contribution in [1.82, 2.24) is 10.3 Å². The summed E-state index contributed by atoms with van der Waals surface area (Å²) in [7, 11) is 1.82. The smallest absolute Gasteiger partial charge is 0.128 e. The first-order valence-electron chi connectivity index (χ1n) is 6.41. The minimum Gasteiger partial charge on any atom is -0.307 e. The third kappa shape index (κ3) is 3.27. The van der Waals surface area contributed by atoms with Crippen LogP contribution in [0.1, 0.15) is 43.1 Å². The SMILES string of the molecule is CNC(c1nc(C(C)(C)C)cs1)c1cc(Br)ccc1F. The first-order valence-corrected chi connectivity index (χ1v) is 8.08. The van der Waals surface area contributed by atoms with Gasteiger partial charge in [-0.05, 0) is 25.2 Å². The second kappa shape index (κ2) is 5.92. The Kier molecular flexibility index (Phi) is 4.62. The molecule has 0 aliphatic rings. The molecule has 0 aliphatic heterocycles. The number of thiazole rings is 1. The Morgan fingerprint density at radius 2 is 2.05 bits per heavy atom. The zero-order valence-corrected chi connectivity index (χ0v) is 14.4. The molecular weight excluding hydrogens is 339 g/mol. The summed E-state index contributed by atoms with van der Waals surface area (Å²) in [5, 5.41) is 6.09. The second-order valence-corrected chi connectivity index (χ2v) is 7.51. The van der Waals surface area contributed by atoms with E-state index in [2.05, 4.69) is 52.4 Å². The van der Waals surface area contributed by atoms with Gasteiger partial charge in [-0.1, -0.05) is 36.7 Å². The standard InChI is InChI=1S/C15H18BrFN2S/c1-15(2,3)12-8-20-14(19-12)13(18-4)10-7-9(16)5-6-11(10)17/h5-8,13,18H,1-4H3. The van der Waals surface area contributed by atoms with Crippen LogP contribution < -0.4 is 5.32 Å². The molecule has 0 fully saturated rings. The summed E-state index contributed by atoms with van der Waals surface area (Å²) in [6.45, 7) is 6.37. The summed E-state index contributed by atoms with van der Waals surface area (Å²) in [5.41, 5.74) is 1.65. The largest absolute Gasteiger partial charge is 0.307 e. The molecule has 1 aromatic heterocycles. The van der Waals surface area contributed by atoms with Crippen molar-refractivity contribution in [3.05, 3.63) is 50.1 Å². The first-order chi connectivity index (χ1) is 9.32. The maximum absolute atomic E-state index is 14.0. The summed E-state index contributed by atoms with van der Waals surface area (Å²) in [6, 6.07) is 4.75. The van der Waals surface area contributed by atoms with Gasteiger partial charge in [-0.2, -0.15) is 0 Å². The number of aromatic nitrogens is 1. The van der Waals surface area contributed by atoms with E-state index >= 15 is 0 Å². The number of nitrogens with one attached hydrogen (secondary N) is 1. The summed E-state index contributed by atoms with van der Waals surface area (Å²) in [5.74, 6) is -0.222. The lowest BCUT2D eigenvalue weighted by atomic mass is 9.93. The summed E-state index contributed by atoms with van der Waals surface area (Å²) in [6.07, 6.45) is 0. The van der Waals surface area contributed by atoms with Gasteiger partial charge in [0.2, 0.25) is 0 Å². The van der Waals surface area contributed by atoms with Crippen LogP contribution in [0.2, 0.25) is 0 Å². The van der Waals surface area contributed by atoms with Gasteiger partial charge in [0, 0.05) is 20.8 Å². The van der Waals surface area contributed by atoms with Gasteiger partial charge in [-0.3, -0.25) is 0 Å². The van der Waals surface area contributed by atoms with Crippen LogP contribution in [0.15, 0.2) is 28.1 Å². The average molecular weight is 357 g/mol. The van der Waals surface area contributed by atoms with Crippen LogP contribution in [-0.4, -0.2) is 12.0 Å². The van der Waals surface area contributed by atoms with Crippen LogP contribution >= 0.6 is 27.3 Å². The van der Waals surface area contributed by atoms with E-state index in [1.807, 2.05) is 7.05 Å². The van der Waals surface area contributed by atoms with Gasteiger partial charge >= 0.3 is 0 Å². The lowest BCUT2D eigenvalue weighted by molar-refractivity contribution is 0.556. The molecule has 5 heteroatoms. The van der Waals surface area contributed by atoms with Crippen molar-refractivity contribution < 1.29 is 4.39 Å². The zero-order chi connectivity index (χ0) is 14.9. The zero-order valence-electron chi connectivity index (χ0n) is 12.0. The molecule has 0 spiro atoms. The van der Waals surface area contributed by atoms with E-state index in [4.69, 9.17) is 0 Å². The van der Waals surface area contributed by atoms with Gasteiger partial charge in [0.1, 0.15) is 10.8 Å². The Balaban J connectivity index is 2.42. The molecule has 1 heterocycles. The molecule has 0 amide bonds.